The number of cyclic esters (lactones) is 1. The van der Waals surface area contributed by atoms with Crippen LogP contribution >= 0.6 is 11.6 Å². The van der Waals surface area contributed by atoms with Crippen LogP contribution in [0.5, 0.6) is 0 Å². The van der Waals surface area contributed by atoms with Gasteiger partial charge in [0.1, 0.15) is 0 Å². The van der Waals surface area contributed by atoms with Gasteiger partial charge in [-0.1, -0.05) is 23.7 Å². The molecule has 0 aromatic heterocycles. The molecule has 6 heteroatoms. The Morgan fingerprint density at radius 2 is 1.80 bits per heavy atom. The molecule has 1 aliphatic heterocycles. The van der Waals surface area contributed by atoms with Gasteiger partial charge in [0.15, 0.2) is 6.10 Å². The minimum atomic E-state index is -0.727. The summed E-state index contributed by atoms with van der Waals surface area (Å²) in [5.74, 6) is 6.09. The van der Waals surface area contributed by atoms with Crippen molar-refractivity contribution < 1.29 is 14.3 Å². The lowest BCUT2D eigenvalue weighted by molar-refractivity contribution is -0.620. The molecule has 6 aliphatic carbocycles. The fourth-order valence-electron chi connectivity index (χ4n) is 8.02. The zero-order valence-corrected chi connectivity index (χ0v) is 14.1. The summed E-state index contributed by atoms with van der Waals surface area (Å²) in [5, 5.41) is 6.52. The van der Waals surface area contributed by atoms with Gasteiger partial charge in [-0.2, -0.15) is 0 Å². The first-order chi connectivity index (χ1) is 12.1. The molecule has 8 rings (SSSR count). The van der Waals surface area contributed by atoms with Crippen LogP contribution in [-0.2, 0) is 9.53 Å². The number of alkyl carbamates (subject to hydrolysis) is 1. The summed E-state index contributed by atoms with van der Waals surface area (Å²) in [6.07, 6.45) is -1.24. The molecule has 0 radical (unpaired) electrons. The van der Waals surface area contributed by atoms with Crippen molar-refractivity contribution in [3.05, 3.63) is 34.9 Å². The highest BCUT2D eigenvalue weighted by Crippen LogP contribution is 3.07. The topological polar surface area (TPSA) is 67.4 Å². The number of nitrogens with one attached hydrogen (secondary N) is 2. The SMILES string of the molecule is O=C1NC[C@@H](C(=O)N[C@@H](c2ccc(Cl)cc2)C23C4C5C6C4C2C6C53)O1. The van der Waals surface area contributed by atoms with Gasteiger partial charge >= 0.3 is 6.09 Å². The van der Waals surface area contributed by atoms with Crippen LogP contribution in [0.1, 0.15) is 11.6 Å². The van der Waals surface area contributed by atoms with Crippen molar-refractivity contribution >= 4 is 23.6 Å². The standard InChI is InChI=1S/C19H17ClN2O3/c20-7-3-1-6(2-4-7)16(22-17(23)8-5-21-18(24)25-8)19-13-10-9-11(13)15(19)12(9)14(10)19/h1-4,8-16H,5H2,(H,21,24)(H,22,23)/t8-,9?,10?,11?,12?,13?,14?,15?,16-,19?/m0/s1. The molecule has 1 aromatic rings. The largest absolute Gasteiger partial charge is 0.434 e. The first kappa shape index (κ1) is 13.5. The number of amides is 2. The number of halogens is 1. The van der Waals surface area contributed by atoms with E-state index < -0.39 is 12.2 Å². The Bertz CT molecular complexity index is 802. The highest BCUT2D eigenvalue weighted by molar-refractivity contribution is 6.30. The third kappa shape index (κ3) is 1.15. The average molecular weight is 357 g/mol. The second-order valence-electron chi connectivity index (χ2n) is 8.65. The van der Waals surface area contributed by atoms with E-state index in [0.29, 0.717) is 5.02 Å². The van der Waals surface area contributed by atoms with E-state index >= 15 is 0 Å². The van der Waals surface area contributed by atoms with Crippen LogP contribution in [0.2, 0.25) is 5.02 Å². The van der Waals surface area contributed by atoms with Gasteiger partial charge in [-0.3, -0.25) is 4.79 Å². The molecule has 1 heterocycles. The van der Waals surface area contributed by atoms with Crippen LogP contribution in [0.25, 0.3) is 0 Å². The maximum atomic E-state index is 12.7. The molecule has 5 nitrogen and oxygen atoms in total. The fraction of sp³-hybridized carbons (Fsp3) is 0.579. The zero-order valence-electron chi connectivity index (χ0n) is 13.3. The molecule has 6 saturated carbocycles. The summed E-state index contributed by atoms with van der Waals surface area (Å²) in [4.78, 5) is 24.0. The van der Waals surface area contributed by atoms with Crippen LogP contribution in [-0.4, -0.2) is 24.6 Å². The number of hydrogen-bond donors (Lipinski definition) is 2. The molecule has 2 amide bonds. The lowest BCUT2D eigenvalue weighted by Crippen LogP contribution is -3.06. The third-order valence-electron chi connectivity index (χ3n) is 8.52. The third-order valence-corrected chi connectivity index (χ3v) is 8.77. The molecule has 1 saturated heterocycles. The minimum Gasteiger partial charge on any atom is -0.434 e. The number of carbonyl (C=O) groups is 2. The lowest BCUT2D eigenvalue weighted by atomic mass is 8.96. The quantitative estimate of drug-likeness (QED) is 0.866. The van der Waals surface area contributed by atoms with E-state index in [9.17, 15) is 9.59 Å². The summed E-state index contributed by atoms with van der Waals surface area (Å²) in [5.41, 5.74) is 1.40. The maximum absolute atomic E-state index is 12.7. The molecule has 128 valence electrons. The van der Waals surface area contributed by atoms with Crippen molar-refractivity contribution in [3.63, 3.8) is 0 Å². The number of hydrogen-bond acceptors (Lipinski definition) is 3. The van der Waals surface area contributed by atoms with Crippen LogP contribution in [0, 0.1) is 46.8 Å². The van der Waals surface area contributed by atoms with Crippen molar-refractivity contribution in [1.29, 1.82) is 0 Å². The van der Waals surface area contributed by atoms with E-state index in [-0.39, 0.29) is 23.9 Å². The summed E-state index contributed by atoms with van der Waals surface area (Å²) >= 11 is 6.06. The lowest BCUT2D eigenvalue weighted by Gasteiger charge is -3.08. The van der Waals surface area contributed by atoms with Crippen LogP contribution in [0.4, 0.5) is 4.79 Å². The molecule has 7 fully saturated rings. The summed E-state index contributed by atoms with van der Waals surface area (Å²) in [6.45, 7) is 0.247. The van der Waals surface area contributed by atoms with Gasteiger partial charge in [-0.05, 0) is 59.1 Å². The van der Waals surface area contributed by atoms with Gasteiger partial charge in [0.05, 0.1) is 12.6 Å². The minimum absolute atomic E-state index is 0.0153. The first-order valence-electron chi connectivity index (χ1n) is 9.14. The predicted octanol–water partition coefficient (Wildman–Crippen LogP) is 1.97. The molecule has 25 heavy (non-hydrogen) atoms. The fourth-order valence-corrected chi connectivity index (χ4v) is 8.15. The summed E-state index contributed by atoms with van der Waals surface area (Å²) in [6, 6.07) is 7.88. The molecule has 0 bridgehead atoms. The molecular weight excluding hydrogens is 340 g/mol. The molecule has 2 atom stereocenters. The Morgan fingerprint density at radius 1 is 1.16 bits per heavy atom. The van der Waals surface area contributed by atoms with Crippen LogP contribution < -0.4 is 10.6 Å². The molecule has 7 aliphatic rings. The number of ether oxygens (including phenoxy) is 1. The molecule has 0 unspecified atom stereocenters. The van der Waals surface area contributed by atoms with Crippen molar-refractivity contribution in [1.82, 2.24) is 10.6 Å². The van der Waals surface area contributed by atoms with Crippen molar-refractivity contribution in [3.8, 4) is 0 Å². The number of benzene rings is 1. The van der Waals surface area contributed by atoms with Crippen LogP contribution in [0.3, 0.4) is 0 Å². The predicted molar refractivity (Wildman–Crippen MR) is 87.5 cm³/mol. The van der Waals surface area contributed by atoms with Crippen molar-refractivity contribution in [2.75, 3.05) is 6.54 Å². The highest BCUT2D eigenvalue weighted by Gasteiger charge is 3.05. The zero-order chi connectivity index (χ0) is 16.7. The highest BCUT2D eigenvalue weighted by atomic mass is 35.5. The summed E-state index contributed by atoms with van der Waals surface area (Å²) < 4.78 is 5.08. The van der Waals surface area contributed by atoms with Gasteiger partial charge in [0.25, 0.3) is 5.91 Å². The normalized spacial score (nSPS) is 52.1. The molecule has 1 aromatic carbocycles. The van der Waals surface area contributed by atoms with Crippen molar-refractivity contribution in [2.24, 2.45) is 46.8 Å². The summed E-state index contributed by atoms with van der Waals surface area (Å²) in [7, 11) is 0. The molecule has 2 N–H and O–H groups in total. The Hall–Kier alpha value is -1.75. The van der Waals surface area contributed by atoms with Gasteiger partial charge in [-0.25, -0.2) is 4.79 Å². The van der Waals surface area contributed by atoms with Gasteiger partial charge in [-0.15, -0.1) is 0 Å². The monoisotopic (exact) mass is 356 g/mol. The van der Waals surface area contributed by atoms with Crippen LogP contribution in [0.15, 0.2) is 24.3 Å². The maximum Gasteiger partial charge on any atom is 0.408 e. The van der Waals surface area contributed by atoms with E-state index in [4.69, 9.17) is 16.3 Å². The van der Waals surface area contributed by atoms with Crippen molar-refractivity contribution in [2.45, 2.75) is 12.1 Å². The second kappa shape index (κ2) is 3.83. The van der Waals surface area contributed by atoms with E-state index in [1.807, 2.05) is 24.3 Å². The van der Waals surface area contributed by atoms with E-state index in [1.165, 1.54) is 0 Å². The van der Waals surface area contributed by atoms with E-state index in [0.717, 1.165) is 47.0 Å². The first-order valence-corrected chi connectivity index (χ1v) is 9.52. The Kier molecular flexibility index (Phi) is 2.06. The van der Waals surface area contributed by atoms with E-state index in [2.05, 4.69) is 10.6 Å². The Labute approximate surface area is 149 Å². The molecular formula is C19H17ClN2O3. The Balaban J connectivity index is 1.23. The number of carbonyl (C=O) groups excluding carboxylic acids is 2. The van der Waals surface area contributed by atoms with Gasteiger partial charge in [0, 0.05) is 10.4 Å². The second-order valence-corrected chi connectivity index (χ2v) is 9.09. The number of rotatable bonds is 4. The van der Waals surface area contributed by atoms with Gasteiger partial charge < -0.3 is 15.4 Å². The smallest absolute Gasteiger partial charge is 0.408 e. The van der Waals surface area contributed by atoms with E-state index in [1.54, 1.807) is 0 Å². The Morgan fingerprint density at radius 3 is 2.36 bits per heavy atom. The van der Waals surface area contributed by atoms with Gasteiger partial charge in [0.2, 0.25) is 0 Å². The molecule has 0 spiro atoms. The average Bonchev–Trinajstić information content (AvgIpc) is 3.07.